The van der Waals surface area contributed by atoms with E-state index in [2.05, 4.69) is 34.5 Å². The van der Waals surface area contributed by atoms with Crippen LogP contribution in [0, 0.1) is 0 Å². The number of piperazine rings is 1. The van der Waals surface area contributed by atoms with E-state index in [1.54, 1.807) is 0 Å². The van der Waals surface area contributed by atoms with Crippen LogP contribution >= 0.6 is 0 Å². The van der Waals surface area contributed by atoms with Crippen molar-refractivity contribution in [1.82, 2.24) is 15.1 Å². The van der Waals surface area contributed by atoms with Crippen LogP contribution in [-0.2, 0) is 4.79 Å². The fourth-order valence-corrected chi connectivity index (χ4v) is 2.50. The van der Waals surface area contributed by atoms with Crippen molar-refractivity contribution in [3.8, 4) is 0 Å². The van der Waals surface area contributed by atoms with Crippen molar-refractivity contribution >= 4 is 11.6 Å². The zero-order valence-corrected chi connectivity index (χ0v) is 13.2. The third kappa shape index (κ3) is 4.81. The van der Waals surface area contributed by atoms with Crippen molar-refractivity contribution in [2.24, 2.45) is 0 Å². The molecule has 2 atom stereocenters. The van der Waals surface area contributed by atoms with Gasteiger partial charge in [0.05, 0.1) is 6.04 Å². The Morgan fingerprint density at radius 3 is 2.71 bits per heavy atom. The summed E-state index contributed by atoms with van der Waals surface area (Å²) in [6.07, 6.45) is 0. The van der Waals surface area contributed by atoms with E-state index in [0.717, 1.165) is 31.9 Å². The summed E-state index contributed by atoms with van der Waals surface area (Å²) in [5.41, 5.74) is 0.839. The Labute approximate surface area is 127 Å². The van der Waals surface area contributed by atoms with Gasteiger partial charge in [-0.2, -0.15) is 0 Å². The lowest BCUT2D eigenvalue weighted by molar-refractivity contribution is -0.117. The minimum absolute atomic E-state index is 0.00742. The van der Waals surface area contributed by atoms with Gasteiger partial charge in [0, 0.05) is 37.9 Å². The maximum Gasteiger partial charge on any atom is 0.241 e. The van der Waals surface area contributed by atoms with Crippen molar-refractivity contribution in [3.05, 3.63) is 30.3 Å². The van der Waals surface area contributed by atoms with Crippen LogP contribution in [0.1, 0.15) is 6.92 Å². The maximum absolute atomic E-state index is 12.1. The van der Waals surface area contributed by atoms with Crippen LogP contribution in [0.5, 0.6) is 0 Å². The molecule has 5 nitrogen and oxygen atoms in total. The first-order chi connectivity index (χ1) is 10.1. The number of nitrogens with zero attached hydrogens (tertiary/aromatic N) is 2. The summed E-state index contributed by atoms with van der Waals surface area (Å²) in [5, 5.41) is 6.27. The summed E-state index contributed by atoms with van der Waals surface area (Å²) in [7, 11) is 4.29. The van der Waals surface area contributed by atoms with Gasteiger partial charge in [-0.15, -0.1) is 0 Å². The number of anilines is 1. The Kier molecular flexibility index (Phi) is 5.73. The summed E-state index contributed by atoms with van der Waals surface area (Å²) < 4.78 is 0. The second-order valence-corrected chi connectivity index (χ2v) is 5.88. The molecule has 2 unspecified atom stereocenters. The number of hydrogen-bond acceptors (Lipinski definition) is 4. The van der Waals surface area contributed by atoms with Gasteiger partial charge in [0.2, 0.25) is 5.91 Å². The molecule has 1 aliphatic rings. The van der Waals surface area contributed by atoms with Crippen LogP contribution in [0.15, 0.2) is 30.3 Å². The van der Waals surface area contributed by atoms with Gasteiger partial charge in [-0.1, -0.05) is 18.2 Å². The van der Waals surface area contributed by atoms with Gasteiger partial charge in [0.25, 0.3) is 0 Å². The van der Waals surface area contributed by atoms with Crippen LogP contribution in [0.25, 0.3) is 0 Å². The predicted octanol–water partition coefficient (Wildman–Crippen LogP) is 0.849. The number of benzene rings is 1. The molecule has 0 bridgehead atoms. The molecule has 0 spiro atoms. The Bertz CT molecular complexity index is 451. The zero-order chi connectivity index (χ0) is 15.2. The molecule has 0 radical (unpaired) electrons. The number of hydrogen-bond donors (Lipinski definition) is 2. The fraction of sp³-hybridized carbons (Fsp3) is 0.562. The van der Waals surface area contributed by atoms with Crippen LogP contribution in [0.3, 0.4) is 0 Å². The van der Waals surface area contributed by atoms with Gasteiger partial charge in [-0.3, -0.25) is 9.69 Å². The molecule has 0 aromatic heterocycles. The largest absolute Gasteiger partial charge is 0.325 e. The van der Waals surface area contributed by atoms with E-state index in [9.17, 15) is 4.79 Å². The molecule has 0 aliphatic carbocycles. The molecule has 1 aromatic rings. The number of carbonyl (C=O) groups excluding carboxylic acids is 1. The molecule has 5 heteroatoms. The Morgan fingerprint density at radius 1 is 1.29 bits per heavy atom. The lowest BCUT2D eigenvalue weighted by Gasteiger charge is -2.38. The second kappa shape index (κ2) is 7.54. The third-order valence-corrected chi connectivity index (χ3v) is 4.07. The first kappa shape index (κ1) is 15.9. The van der Waals surface area contributed by atoms with Crippen molar-refractivity contribution in [1.29, 1.82) is 0 Å². The minimum atomic E-state index is -0.203. The lowest BCUT2D eigenvalue weighted by Crippen LogP contribution is -2.55. The monoisotopic (exact) mass is 290 g/mol. The highest BCUT2D eigenvalue weighted by Crippen LogP contribution is 2.07. The first-order valence-corrected chi connectivity index (χ1v) is 7.54. The van der Waals surface area contributed by atoms with E-state index in [1.807, 2.05) is 37.3 Å². The molecule has 1 aliphatic heterocycles. The van der Waals surface area contributed by atoms with Gasteiger partial charge in [-0.25, -0.2) is 0 Å². The van der Waals surface area contributed by atoms with Crippen LogP contribution in [-0.4, -0.2) is 68.1 Å². The Balaban J connectivity index is 1.78. The van der Waals surface area contributed by atoms with E-state index in [-0.39, 0.29) is 11.9 Å². The molecule has 2 N–H and O–H groups in total. The normalized spacial score (nSPS) is 22.0. The van der Waals surface area contributed by atoms with Crippen molar-refractivity contribution in [2.75, 3.05) is 45.6 Å². The lowest BCUT2D eigenvalue weighted by atomic mass is 10.1. The van der Waals surface area contributed by atoms with Crippen LogP contribution < -0.4 is 10.6 Å². The fourth-order valence-electron chi connectivity index (χ4n) is 2.50. The quantitative estimate of drug-likeness (QED) is 0.844. The predicted molar refractivity (Wildman–Crippen MR) is 86.5 cm³/mol. The average molecular weight is 290 g/mol. The number of nitrogens with one attached hydrogen (secondary N) is 2. The second-order valence-electron chi connectivity index (χ2n) is 5.88. The molecule has 116 valence electrons. The molecule has 1 amide bonds. The number of amides is 1. The van der Waals surface area contributed by atoms with Gasteiger partial charge in [0.15, 0.2) is 0 Å². The van der Waals surface area contributed by atoms with Crippen LogP contribution in [0.4, 0.5) is 5.69 Å². The summed E-state index contributed by atoms with van der Waals surface area (Å²) >= 11 is 0. The highest BCUT2D eigenvalue weighted by Gasteiger charge is 2.23. The Morgan fingerprint density at radius 2 is 2.00 bits per heavy atom. The molecular weight excluding hydrogens is 264 g/mol. The number of para-hydroxylation sites is 1. The van der Waals surface area contributed by atoms with E-state index >= 15 is 0 Å². The van der Waals surface area contributed by atoms with E-state index in [0.29, 0.717) is 6.04 Å². The Hall–Kier alpha value is -1.43. The summed E-state index contributed by atoms with van der Waals surface area (Å²) in [6.45, 7) is 5.95. The zero-order valence-electron chi connectivity index (χ0n) is 13.2. The standard InChI is InChI=1S/C16H26N4O/c1-13(16(21)18-14-7-5-4-6-8-14)17-11-15-12-19(2)9-10-20(15)3/h4-8,13,15,17H,9-12H2,1-3H3,(H,18,21). The first-order valence-electron chi connectivity index (χ1n) is 7.54. The van der Waals surface area contributed by atoms with E-state index < -0.39 is 0 Å². The molecule has 1 saturated heterocycles. The molecule has 1 aromatic carbocycles. The van der Waals surface area contributed by atoms with E-state index in [4.69, 9.17) is 0 Å². The summed E-state index contributed by atoms with van der Waals surface area (Å²) in [6, 6.07) is 9.82. The average Bonchev–Trinajstić information content (AvgIpc) is 2.49. The van der Waals surface area contributed by atoms with Gasteiger partial charge < -0.3 is 15.5 Å². The van der Waals surface area contributed by atoms with Gasteiger partial charge in [0.1, 0.15) is 0 Å². The van der Waals surface area contributed by atoms with Crippen LogP contribution in [0.2, 0.25) is 0 Å². The number of carbonyl (C=O) groups is 1. The minimum Gasteiger partial charge on any atom is -0.325 e. The van der Waals surface area contributed by atoms with Crippen molar-refractivity contribution in [3.63, 3.8) is 0 Å². The summed E-state index contributed by atoms with van der Waals surface area (Å²) in [4.78, 5) is 16.8. The molecule has 2 rings (SSSR count). The molecule has 1 fully saturated rings. The topological polar surface area (TPSA) is 47.6 Å². The van der Waals surface area contributed by atoms with Crippen molar-refractivity contribution in [2.45, 2.75) is 19.0 Å². The maximum atomic E-state index is 12.1. The number of likely N-dealkylation sites (N-methyl/N-ethyl adjacent to an activating group) is 2. The van der Waals surface area contributed by atoms with Gasteiger partial charge >= 0.3 is 0 Å². The molecule has 1 heterocycles. The summed E-state index contributed by atoms with van der Waals surface area (Å²) in [5.74, 6) is 0.00742. The third-order valence-electron chi connectivity index (χ3n) is 4.07. The highest BCUT2D eigenvalue weighted by atomic mass is 16.2. The van der Waals surface area contributed by atoms with Crippen molar-refractivity contribution < 1.29 is 4.79 Å². The molecule has 0 saturated carbocycles. The van der Waals surface area contributed by atoms with Gasteiger partial charge in [-0.05, 0) is 33.2 Å². The number of rotatable bonds is 5. The smallest absolute Gasteiger partial charge is 0.241 e. The molecular formula is C16H26N4O. The molecule has 21 heavy (non-hydrogen) atoms. The SMILES string of the molecule is CC(NCC1CN(C)CCN1C)C(=O)Nc1ccccc1. The highest BCUT2D eigenvalue weighted by molar-refractivity contribution is 5.94. The van der Waals surface area contributed by atoms with E-state index in [1.165, 1.54) is 0 Å².